The minimum atomic E-state index is -0.557. The number of nitrogen functional groups attached to an aromatic ring is 1. The van der Waals surface area contributed by atoms with Gasteiger partial charge in [-0.25, -0.2) is 4.39 Å². The predicted octanol–water partition coefficient (Wildman–Crippen LogP) is 3.87. The van der Waals surface area contributed by atoms with Crippen LogP contribution in [0.1, 0.15) is 0 Å². The van der Waals surface area contributed by atoms with Crippen molar-refractivity contribution in [3.63, 3.8) is 0 Å². The summed E-state index contributed by atoms with van der Waals surface area (Å²) in [4.78, 5) is 10.0. The van der Waals surface area contributed by atoms with Crippen LogP contribution >= 0.6 is 15.9 Å². The molecular weight excluding hydrogens is 319 g/mol. The summed E-state index contributed by atoms with van der Waals surface area (Å²) in [6, 6.07) is 7.84. The number of rotatable bonds is 3. The van der Waals surface area contributed by atoms with E-state index in [2.05, 4.69) is 15.9 Å². The Bertz CT molecular complexity index is 629. The van der Waals surface area contributed by atoms with Crippen molar-refractivity contribution in [3.05, 3.63) is 56.8 Å². The maximum Gasteiger partial charge on any atom is 0.271 e. The third-order valence-electron chi connectivity index (χ3n) is 2.27. The van der Waals surface area contributed by atoms with Crippen LogP contribution in [0.25, 0.3) is 0 Å². The van der Waals surface area contributed by atoms with E-state index in [-0.39, 0.29) is 22.9 Å². The van der Waals surface area contributed by atoms with E-state index < -0.39 is 10.7 Å². The van der Waals surface area contributed by atoms with Gasteiger partial charge in [0.1, 0.15) is 11.6 Å². The first-order chi connectivity index (χ1) is 8.95. The number of benzene rings is 2. The highest BCUT2D eigenvalue weighted by molar-refractivity contribution is 9.10. The van der Waals surface area contributed by atoms with E-state index in [1.807, 2.05) is 0 Å². The van der Waals surface area contributed by atoms with Crippen LogP contribution < -0.4 is 10.5 Å². The highest BCUT2D eigenvalue weighted by Gasteiger charge is 2.10. The van der Waals surface area contributed by atoms with E-state index in [0.29, 0.717) is 4.47 Å². The average Bonchev–Trinajstić information content (AvgIpc) is 2.30. The maximum atomic E-state index is 13.2. The normalized spacial score (nSPS) is 10.2. The first kappa shape index (κ1) is 13.3. The molecule has 0 amide bonds. The molecule has 19 heavy (non-hydrogen) atoms. The van der Waals surface area contributed by atoms with Gasteiger partial charge in [0.2, 0.25) is 0 Å². The Morgan fingerprint density at radius 1 is 1.26 bits per heavy atom. The third kappa shape index (κ3) is 3.19. The molecule has 2 rings (SSSR count). The van der Waals surface area contributed by atoms with Crippen LogP contribution in [0.2, 0.25) is 0 Å². The minimum absolute atomic E-state index is 0.106. The van der Waals surface area contributed by atoms with Crippen molar-refractivity contribution in [3.8, 4) is 11.5 Å². The standard InChI is InChI=1S/C12H8BrFN2O3/c13-7-3-8(14)5-10(4-7)19-12-2-1-9(16(17)18)6-11(12)15/h1-6H,15H2. The van der Waals surface area contributed by atoms with Crippen LogP contribution in [0.15, 0.2) is 40.9 Å². The molecule has 0 aromatic heterocycles. The predicted molar refractivity (Wildman–Crippen MR) is 71.7 cm³/mol. The molecule has 0 atom stereocenters. The first-order valence-electron chi connectivity index (χ1n) is 5.13. The lowest BCUT2D eigenvalue weighted by Gasteiger charge is -2.08. The van der Waals surface area contributed by atoms with Crippen molar-refractivity contribution in [2.45, 2.75) is 0 Å². The van der Waals surface area contributed by atoms with Crippen molar-refractivity contribution in [2.24, 2.45) is 0 Å². The second-order valence-electron chi connectivity index (χ2n) is 3.69. The van der Waals surface area contributed by atoms with Gasteiger partial charge in [0, 0.05) is 22.7 Å². The van der Waals surface area contributed by atoms with Crippen LogP contribution in [0.5, 0.6) is 11.5 Å². The number of non-ortho nitro benzene ring substituents is 1. The molecule has 0 aliphatic heterocycles. The van der Waals surface area contributed by atoms with Crippen LogP contribution in [-0.4, -0.2) is 4.92 Å². The van der Waals surface area contributed by atoms with Gasteiger partial charge in [-0.2, -0.15) is 0 Å². The molecule has 5 nitrogen and oxygen atoms in total. The van der Waals surface area contributed by atoms with Gasteiger partial charge in [-0.05, 0) is 18.2 Å². The number of nitrogens with two attached hydrogens (primary N) is 1. The number of hydrogen-bond acceptors (Lipinski definition) is 4. The largest absolute Gasteiger partial charge is 0.455 e. The third-order valence-corrected chi connectivity index (χ3v) is 2.73. The van der Waals surface area contributed by atoms with E-state index in [1.54, 1.807) is 6.07 Å². The maximum absolute atomic E-state index is 13.2. The summed E-state index contributed by atoms with van der Waals surface area (Å²) in [5, 5.41) is 10.6. The summed E-state index contributed by atoms with van der Waals surface area (Å²) in [6.07, 6.45) is 0. The van der Waals surface area contributed by atoms with Crippen molar-refractivity contribution >= 4 is 27.3 Å². The minimum Gasteiger partial charge on any atom is -0.455 e. The molecular formula is C12H8BrFN2O3. The van der Waals surface area contributed by atoms with E-state index in [9.17, 15) is 14.5 Å². The Hall–Kier alpha value is -2.15. The van der Waals surface area contributed by atoms with Crippen molar-refractivity contribution in [2.75, 3.05) is 5.73 Å². The number of nitro benzene ring substituents is 1. The second-order valence-corrected chi connectivity index (χ2v) is 4.60. The highest BCUT2D eigenvalue weighted by atomic mass is 79.9. The van der Waals surface area contributed by atoms with Gasteiger partial charge < -0.3 is 10.5 Å². The lowest BCUT2D eigenvalue weighted by molar-refractivity contribution is -0.384. The lowest BCUT2D eigenvalue weighted by atomic mass is 10.2. The zero-order valence-corrected chi connectivity index (χ0v) is 11.1. The smallest absolute Gasteiger partial charge is 0.271 e. The fraction of sp³-hybridized carbons (Fsp3) is 0. The van der Waals surface area contributed by atoms with E-state index in [0.717, 1.165) is 0 Å². The quantitative estimate of drug-likeness (QED) is 0.527. The summed E-state index contributed by atoms with van der Waals surface area (Å²) >= 11 is 3.13. The number of nitrogens with zero attached hydrogens (tertiary/aromatic N) is 1. The molecule has 0 radical (unpaired) electrons. The number of hydrogen-bond donors (Lipinski definition) is 1. The summed E-state index contributed by atoms with van der Waals surface area (Å²) in [5.74, 6) is 0.000358. The zero-order valence-electron chi connectivity index (χ0n) is 9.47. The first-order valence-corrected chi connectivity index (χ1v) is 5.93. The fourth-order valence-corrected chi connectivity index (χ4v) is 1.90. The lowest BCUT2D eigenvalue weighted by Crippen LogP contribution is -1.95. The molecule has 0 spiro atoms. The van der Waals surface area contributed by atoms with Gasteiger partial charge in [0.05, 0.1) is 10.6 Å². The van der Waals surface area contributed by atoms with Crippen LogP contribution in [0, 0.1) is 15.9 Å². The molecule has 0 unspecified atom stereocenters. The van der Waals surface area contributed by atoms with Crippen molar-refractivity contribution < 1.29 is 14.1 Å². The molecule has 0 heterocycles. The van der Waals surface area contributed by atoms with Crippen LogP contribution in [-0.2, 0) is 0 Å². The molecule has 2 N–H and O–H groups in total. The number of nitro groups is 1. The number of anilines is 1. The summed E-state index contributed by atoms with van der Waals surface area (Å²) < 4.78 is 19.1. The van der Waals surface area contributed by atoms with Gasteiger partial charge in [-0.15, -0.1) is 0 Å². The zero-order chi connectivity index (χ0) is 14.0. The van der Waals surface area contributed by atoms with E-state index >= 15 is 0 Å². The molecule has 0 saturated carbocycles. The number of halogens is 2. The van der Waals surface area contributed by atoms with Crippen molar-refractivity contribution in [1.82, 2.24) is 0 Å². The molecule has 0 saturated heterocycles. The Labute approximate surface area is 116 Å². The molecule has 7 heteroatoms. The van der Waals surface area contributed by atoms with Gasteiger partial charge in [-0.1, -0.05) is 15.9 Å². The summed E-state index contributed by atoms with van der Waals surface area (Å²) in [6.45, 7) is 0. The molecule has 98 valence electrons. The topological polar surface area (TPSA) is 78.4 Å². The highest BCUT2D eigenvalue weighted by Crippen LogP contribution is 2.32. The fourth-order valence-electron chi connectivity index (χ4n) is 1.46. The van der Waals surface area contributed by atoms with Crippen LogP contribution in [0.3, 0.4) is 0 Å². The van der Waals surface area contributed by atoms with Crippen molar-refractivity contribution in [1.29, 1.82) is 0 Å². The number of ether oxygens (including phenoxy) is 1. The van der Waals surface area contributed by atoms with E-state index in [4.69, 9.17) is 10.5 Å². The van der Waals surface area contributed by atoms with Gasteiger partial charge in [-0.3, -0.25) is 10.1 Å². The van der Waals surface area contributed by atoms with Crippen LogP contribution in [0.4, 0.5) is 15.8 Å². The van der Waals surface area contributed by atoms with Gasteiger partial charge in [0.25, 0.3) is 5.69 Å². The van der Waals surface area contributed by atoms with Gasteiger partial charge >= 0.3 is 0 Å². The molecule has 2 aromatic rings. The SMILES string of the molecule is Nc1cc([N+](=O)[O-])ccc1Oc1cc(F)cc(Br)c1. The second kappa shape index (κ2) is 5.23. The van der Waals surface area contributed by atoms with E-state index in [1.165, 1.54) is 30.3 Å². The Morgan fingerprint density at radius 2 is 2.00 bits per heavy atom. The Kier molecular flexibility index (Phi) is 3.66. The molecule has 2 aromatic carbocycles. The average molecular weight is 327 g/mol. The molecule has 0 aliphatic rings. The monoisotopic (exact) mass is 326 g/mol. The Balaban J connectivity index is 2.30. The molecule has 0 fully saturated rings. The van der Waals surface area contributed by atoms with Gasteiger partial charge in [0.15, 0.2) is 5.75 Å². The molecule has 0 aliphatic carbocycles. The Morgan fingerprint density at radius 3 is 2.58 bits per heavy atom. The summed E-state index contributed by atoms with van der Waals surface area (Å²) in [7, 11) is 0. The summed E-state index contributed by atoms with van der Waals surface area (Å²) in [5.41, 5.74) is 5.62. The molecule has 0 bridgehead atoms.